The summed E-state index contributed by atoms with van der Waals surface area (Å²) < 4.78 is 28.0. The molecule has 0 spiro atoms. The van der Waals surface area contributed by atoms with E-state index < -0.39 is 10.0 Å². The van der Waals surface area contributed by atoms with Gasteiger partial charge in [0.25, 0.3) is 0 Å². The van der Waals surface area contributed by atoms with E-state index in [-0.39, 0.29) is 0 Å². The van der Waals surface area contributed by atoms with Crippen molar-refractivity contribution in [3.8, 4) is 0 Å². The van der Waals surface area contributed by atoms with Crippen LogP contribution in [0, 0.1) is 12.8 Å². The molecule has 2 rings (SSSR count). The number of halogens is 1. The molecule has 1 aromatic carbocycles. The smallest absolute Gasteiger partial charge is 0.243 e. The molecular formula is C15H23BrN2O2S. The topological polar surface area (TPSA) is 49.4 Å². The standard InChI is InChI=1S/C15H23BrN2O2S/c1-11-14(16)7-13(9-17-2)8-15(11)21(19,20)18(3)10-12-5-4-6-12/h7-8,12,17H,4-6,9-10H2,1-3H3. The number of benzene rings is 1. The Morgan fingerprint density at radius 3 is 2.57 bits per heavy atom. The fourth-order valence-electron chi connectivity index (χ4n) is 2.59. The van der Waals surface area contributed by atoms with E-state index in [1.54, 1.807) is 13.1 Å². The molecule has 0 amide bonds. The molecule has 1 aliphatic rings. The summed E-state index contributed by atoms with van der Waals surface area (Å²) in [5.41, 5.74) is 1.74. The van der Waals surface area contributed by atoms with E-state index in [1.807, 2.05) is 20.0 Å². The van der Waals surface area contributed by atoms with E-state index in [0.29, 0.717) is 23.9 Å². The number of sulfonamides is 1. The van der Waals surface area contributed by atoms with Crippen LogP contribution in [0.2, 0.25) is 0 Å². The van der Waals surface area contributed by atoms with Crippen molar-refractivity contribution in [3.63, 3.8) is 0 Å². The summed E-state index contributed by atoms with van der Waals surface area (Å²) in [6.07, 6.45) is 3.51. The van der Waals surface area contributed by atoms with Crippen LogP contribution in [0.4, 0.5) is 0 Å². The molecule has 1 N–H and O–H groups in total. The molecule has 0 aromatic heterocycles. The van der Waals surface area contributed by atoms with Gasteiger partial charge in [-0.2, -0.15) is 0 Å². The molecule has 0 atom stereocenters. The molecule has 0 heterocycles. The molecule has 21 heavy (non-hydrogen) atoms. The van der Waals surface area contributed by atoms with Crippen molar-refractivity contribution in [2.75, 3.05) is 20.6 Å². The lowest BCUT2D eigenvalue weighted by atomic mass is 9.86. The van der Waals surface area contributed by atoms with Gasteiger partial charge in [0, 0.05) is 24.6 Å². The number of hydrogen-bond acceptors (Lipinski definition) is 3. The van der Waals surface area contributed by atoms with Gasteiger partial charge in [0.2, 0.25) is 10.0 Å². The van der Waals surface area contributed by atoms with Crippen LogP contribution in [0.5, 0.6) is 0 Å². The highest BCUT2D eigenvalue weighted by Crippen LogP contribution is 2.31. The first-order chi connectivity index (χ1) is 9.86. The molecule has 1 fully saturated rings. The molecule has 0 aliphatic heterocycles. The number of hydrogen-bond donors (Lipinski definition) is 1. The van der Waals surface area contributed by atoms with Crippen molar-refractivity contribution >= 4 is 26.0 Å². The van der Waals surface area contributed by atoms with Crippen molar-refractivity contribution in [1.82, 2.24) is 9.62 Å². The quantitative estimate of drug-likeness (QED) is 0.832. The minimum absolute atomic E-state index is 0.406. The van der Waals surface area contributed by atoms with E-state index >= 15 is 0 Å². The van der Waals surface area contributed by atoms with Crippen molar-refractivity contribution in [3.05, 3.63) is 27.7 Å². The van der Waals surface area contributed by atoms with Gasteiger partial charge >= 0.3 is 0 Å². The summed E-state index contributed by atoms with van der Waals surface area (Å²) in [6, 6.07) is 3.75. The first kappa shape index (κ1) is 16.9. The number of nitrogens with zero attached hydrogens (tertiary/aromatic N) is 1. The minimum atomic E-state index is -3.43. The van der Waals surface area contributed by atoms with E-state index in [2.05, 4.69) is 21.2 Å². The molecule has 118 valence electrons. The Bertz CT molecular complexity index is 612. The molecule has 0 bridgehead atoms. The predicted molar refractivity (Wildman–Crippen MR) is 88.8 cm³/mol. The molecule has 0 saturated heterocycles. The Morgan fingerprint density at radius 1 is 1.38 bits per heavy atom. The Hall–Kier alpha value is -0.430. The van der Waals surface area contributed by atoms with E-state index in [4.69, 9.17) is 0 Å². The highest BCUT2D eigenvalue weighted by atomic mass is 79.9. The average molecular weight is 375 g/mol. The summed E-state index contributed by atoms with van der Waals surface area (Å²) >= 11 is 3.47. The number of rotatable bonds is 6. The first-order valence-corrected chi connectivity index (χ1v) is 9.49. The third kappa shape index (κ3) is 3.67. The fourth-order valence-corrected chi connectivity index (χ4v) is 4.77. The van der Waals surface area contributed by atoms with Crippen molar-refractivity contribution in [2.45, 2.75) is 37.6 Å². The number of nitrogens with one attached hydrogen (secondary N) is 1. The van der Waals surface area contributed by atoms with Gasteiger partial charge in [0.1, 0.15) is 0 Å². The van der Waals surface area contributed by atoms with Crippen LogP contribution in [-0.2, 0) is 16.6 Å². The third-order valence-electron chi connectivity index (χ3n) is 4.17. The van der Waals surface area contributed by atoms with Crippen LogP contribution in [-0.4, -0.2) is 33.4 Å². The van der Waals surface area contributed by atoms with Crippen LogP contribution < -0.4 is 5.32 Å². The molecule has 1 saturated carbocycles. The maximum atomic E-state index is 12.8. The Balaban J connectivity index is 2.33. The monoisotopic (exact) mass is 374 g/mol. The predicted octanol–water partition coefficient (Wildman–Crippen LogP) is 2.90. The van der Waals surface area contributed by atoms with Crippen molar-refractivity contribution < 1.29 is 8.42 Å². The summed E-state index contributed by atoms with van der Waals surface area (Å²) in [5.74, 6) is 0.522. The van der Waals surface area contributed by atoms with Gasteiger partial charge < -0.3 is 5.32 Å². The Morgan fingerprint density at radius 2 is 2.05 bits per heavy atom. The lowest BCUT2D eigenvalue weighted by molar-refractivity contribution is 0.263. The van der Waals surface area contributed by atoms with Crippen molar-refractivity contribution in [1.29, 1.82) is 0 Å². The van der Waals surface area contributed by atoms with Crippen LogP contribution in [0.1, 0.15) is 30.4 Å². The van der Waals surface area contributed by atoms with E-state index in [1.165, 1.54) is 10.7 Å². The largest absolute Gasteiger partial charge is 0.316 e. The minimum Gasteiger partial charge on any atom is -0.316 e. The molecule has 6 heteroatoms. The third-order valence-corrected chi connectivity index (χ3v) is 6.94. The van der Waals surface area contributed by atoms with Gasteiger partial charge in [0.05, 0.1) is 4.90 Å². The van der Waals surface area contributed by atoms with Crippen LogP contribution in [0.15, 0.2) is 21.5 Å². The SMILES string of the molecule is CNCc1cc(Br)c(C)c(S(=O)(=O)N(C)CC2CCC2)c1. The highest BCUT2D eigenvalue weighted by molar-refractivity contribution is 9.10. The van der Waals surface area contributed by atoms with Gasteiger partial charge in [-0.25, -0.2) is 12.7 Å². The second kappa shape index (κ2) is 6.77. The molecule has 1 aliphatic carbocycles. The maximum Gasteiger partial charge on any atom is 0.243 e. The van der Waals surface area contributed by atoms with Gasteiger partial charge in [-0.3, -0.25) is 0 Å². The average Bonchev–Trinajstić information content (AvgIpc) is 2.37. The van der Waals surface area contributed by atoms with Gasteiger partial charge in [-0.1, -0.05) is 22.4 Å². The summed E-state index contributed by atoms with van der Waals surface area (Å²) in [6.45, 7) is 3.11. The van der Waals surface area contributed by atoms with E-state index in [0.717, 1.165) is 28.4 Å². The van der Waals surface area contributed by atoms with Gasteiger partial charge in [-0.05, 0) is 56.0 Å². The van der Waals surface area contributed by atoms with Crippen LogP contribution >= 0.6 is 15.9 Å². The van der Waals surface area contributed by atoms with Crippen LogP contribution in [0.3, 0.4) is 0 Å². The normalized spacial score (nSPS) is 16.2. The lowest BCUT2D eigenvalue weighted by Crippen LogP contribution is -2.34. The first-order valence-electron chi connectivity index (χ1n) is 7.26. The highest BCUT2D eigenvalue weighted by Gasteiger charge is 2.28. The van der Waals surface area contributed by atoms with Gasteiger partial charge in [0.15, 0.2) is 0 Å². The Kier molecular flexibility index (Phi) is 5.46. The zero-order valence-corrected chi connectivity index (χ0v) is 15.2. The second-order valence-corrected chi connectivity index (χ2v) is 8.68. The summed E-state index contributed by atoms with van der Waals surface area (Å²) in [7, 11) is 0.109. The summed E-state index contributed by atoms with van der Waals surface area (Å²) in [4.78, 5) is 0.406. The lowest BCUT2D eigenvalue weighted by Gasteiger charge is -2.30. The zero-order valence-electron chi connectivity index (χ0n) is 12.8. The molecule has 4 nitrogen and oxygen atoms in total. The molecule has 0 unspecified atom stereocenters. The fraction of sp³-hybridized carbons (Fsp3) is 0.600. The maximum absolute atomic E-state index is 12.8. The zero-order chi connectivity index (χ0) is 15.6. The molecular weight excluding hydrogens is 352 g/mol. The molecule has 1 aromatic rings. The Labute approximate surface area is 136 Å². The molecule has 0 radical (unpaired) electrons. The second-order valence-electron chi connectivity index (χ2n) is 5.81. The summed E-state index contributed by atoms with van der Waals surface area (Å²) in [5, 5.41) is 3.06. The van der Waals surface area contributed by atoms with Gasteiger partial charge in [-0.15, -0.1) is 0 Å². The van der Waals surface area contributed by atoms with Crippen LogP contribution in [0.25, 0.3) is 0 Å². The van der Waals surface area contributed by atoms with E-state index in [9.17, 15) is 8.42 Å². The van der Waals surface area contributed by atoms with Crippen molar-refractivity contribution in [2.24, 2.45) is 5.92 Å².